The molecule has 0 aromatic rings. The molecular formula is C12H18O2. The summed E-state index contributed by atoms with van der Waals surface area (Å²) in [5.41, 5.74) is -2.02. The molecule has 2 unspecified atom stereocenters. The monoisotopic (exact) mass is 194 g/mol. The van der Waals surface area contributed by atoms with Gasteiger partial charge in [-0.15, -0.1) is 12.3 Å². The van der Waals surface area contributed by atoms with Crippen LogP contribution in [0.2, 0.25) is 0 Å². The van der Waals surface area contributed by atoms with Gasteiger partial charge in [0.1, 0.15) is 11.2 Å². The number of rotatable bonds is 3. The van der Waals surface area contributed by atoms with Crippen molar-refractivity contribution in [1.82, 2.24) is 0 Å². The molecule has 0 saturated heterocycles. The van der Waals surface area contributed by atoms with Crippen LogP contribution in [0.1, 0.15) is 40.0 Å². The van der Waals surface area contributed by atoms with Crippen LogP contribution < -0.4 is 0 Å². The molecule has 0 aliphatic carbocycles. The Labute approximate surface area is 86.3 Å². The van der Waals surface area contributed by atoms with Crippen LogP contribution in [0.5, 0.6) is 0 Å². The van der Waals surface area contributed by atoms with Crippen molar-refractivity contribution in [3.63, 3.8) is 0 Å². The first kappa shape index (κ1) is 13.0. The van der Waals surface area contributed by atoms with Crippen molar-refractivity contribution in [3.8, 4) is 24.2 Å². The molecule has 78 valence electrons. The minimum atomic E-state index is -1.09. The minimum Gasteiger partial charge on any atom is -0.378 e. The molecule has 0 heterocycles. The quantitative estimate of drug-likeness (QED) is 0.665. The topological polar surface area (TPSA) is 40.5 Å². The molecule has 2 nitrogen and oxygen atoms in total. The molecular weight excluding hydrogens is 176 g/mol. The van der Waals surface area contributed by atoms with E-state index in [1.807, 2.05) is 6.92 Å². The molecule has 2 atom stereocenters. The van der Waals surface area contributed by atoms with Gasteiger partial charge in [-0.25, -0.2) is 0 Å². The van der Waals surface area contributed by atoms with Crippen molar-refractivity contribution in [2.75, 3.05) is 0 Å². The van der Waals surface area contributed by atoms with Crippen LogP contribution in [0.25, 0.3) is 0 Å². The van der Waals surface area contributed by atoms with E-state index in [-0.39, 0.29) is 0 Å². The Kier molecular flexibility index (Phi) is 4.71. The lowest BCUT2D eigenvalue weighted by molar-refractivity contribution is 0.112. The molecule has 0 aromatic heterocycles. The summed E-state index contributed by atoms with van der Waals surface area (Å²) in [6, 6.07) is 0. The maximum Gasteiger partial charge on any atom is 0.123 e. The Balaban J connectivity index is 4.03. The van der Waals surface area contributed by atoms with Crippen LogP contribution >= 0.6 is 0 Å². The Bertz CT molecular complexity index is 271. The predicted molar refractivity (Wildman–Crippen MR) is 57.4 cm³/mol. The van der Waals surface area contributed by atoms with Crippen molar-refractivity contribution in [2.24, 2.45) is 0 Å². The summed E-state index contributed by atoms with van der Waals surface area (Å²) in [5.74, 6) is 7.82. The molecule has 0 rings (SSSR count). The maximum atomic E-state index is 9.53. The van der Waals surface area contributed by atoms with Crippen molar-refractivity contribution < 1.29 is 10.2 Å². The molecule has 0 spiro atoms. The largest absolute Gasteiger partial charge is 0.378 e. The summed E-state index contributed by atoms with van der Waals surface area (Å²) in [4.78, 5) is 0. The fourth-order valence-corrected chi connectivity index (χ4v) is 0.719. The molecule has 0 aromatic carbocycles. The summed E-state index contributed by atoms with van der Waals surface area (Å²) in [7, 11) is 0. The molecule has 14 heavy (non-hydrogen) atoms. The summed E-state index contributed by atoms with van der Waals surface area (Å²) in [5, 5.41) is 19.0. The van der Waals surface area contributed by atoms with E-state index < -0.39 is 11.2 Å². The van der Waals surface area contributed by atoms with E-state index in [1.54, 1.807) is 13.8 Å². The summed E-state index contributed by atoms with van der Waals surface area (Å²) < 4.78 is 0. The summed E-state index contributed by atoms with van der Waals surface area (Å²) in [6.45, 7) is 5.11. The molecule has 0 aliphatic heterocycles. The van der Waals surface area contributed by atoms with Gasteiger partial charge >= 0.3 is 0 Å². The van der Waals surface area contributed by atoms with Crippen LogP contribution in [-0.2, 0) is 0 Å². The van der Waals surface area contributed by atoms with Gasteiger partial charge in [0.2, 0.25) is 0 Å². The summed E-state index contributed by atoms with van der Waals surface area (Å²) in [6.07, 6.45) is 6.61. The number of aliphatic hydroxyl groups is 2. The molecule has 0 saturated carbocycles. The van der Waals surface area contributed by atoms with E-state index in [2.05, 4.69) is 17.8 Å². The Morgan fingerprint density at radius 3 is 2.21 bits per heavy atom. The van der Waals surface area contributed by atoms with Gasteiger partial charge in [-0.05, 0) is 26.7 Å². The molecule has 0 bridgehead atoms. The van der Waals surface area contributed by atoms with Crippen LogP contribution in [0.4, 0.5) is 0 Å². The number of hydrogen-bond donors (Lipinski definition) is 2. The first-order valence-electron chi connectivity index (χ1n) is 4.75. The number of hydrogen-bond acceptors (Lipinski definition) is 2. The van der Waals surface area contributed by atoms with E-state index in [9.17, 15) is 10.2 Å². The third-order valence-corrected chi connectivity index (χ3v) is 2.09. The van der Waals surface area contributed by atoms with Gasteiger partial charge in [0.25, 0.3) is 0 Å². The minimum absolute atomic E-state index is 0.427. The lowest BCUT2D eigenvalue weighted by Gasteiger charge is -2.14. The molecule has 2 N–H and O–H groups in total. The highest BCUT2D eigenvalue weighted by molar-refractivity contribution is 5.13. The van der Waals surface area contributed by atoms with Crippen LogP contribution in [-0.4, -0.2) is 21.4 Å². The van der Waals surface area contributed by atoms with E-state index in [1.165, 1.54) is 0 Å². The lowest BCUT2D eigenvalue weighted by Crippen LogP contribution is -2.21. The average Bonchev–Trinajstić information content (AvgIpc) is 2.13. The highest BCUT2D eigenvalue weighted by Gasteiger charge is 2.15. The Hall–Kier alpha value is -0.960. The molecule has 2 heteroatoms. The van der Waals surface area contributed by atoms with Gasteiger partial charge < -0.3 is 10.2 Å². The van der Waals surface area contributed by atoms with Gasteiger partial charge in [-0.3, -0.25) is 0 Å². The first-order valence-corrected chi connectivity index (χ1v) is 4.75. The van der Waals surface area contributed by atoms with Gasteiger partial charge in [0.05, 0.1) is 0 Å². The molecule has 0 radical (unpaired) electrons. The van der Waals surface area contributed by atoms with Crippen molar-refractivity contribution in [2.45, 2.75) is 51.2 Å². The van der Waals surface area contributed by atoms with Crippen LogP contribution in [0.3, 0.4) is 0 Å². The van der Waals surface area contributed by atoms with Gasteiger partial charge in [0, 0.05) is 6.42 Å². The average molecular weight is 194 g/mol. The lowest BCUT2D eigenvalue weighted by atomic mass is 10.0. The maximum absolute atomic E-state index is 9.53. The Morgan fingerprint density at radius 2 is 1.79 bits per heavy atom. The fourth-order valence-electron chi connectivity index (χ4n) is 0.719. The van der Waals surface area contributed by atoms with Crippen molar-refractivity contribution >= 4 is 0 Å². The molecule has 0 aliphatic rings. The third kappa shape index (κ3) is 5.65. The van der Waals surface area contributed by atoms with Crippen LogP contribution in [0, 0.1) is 24.2 Å². The van der Waals surface area contributed by atoms with E-state index in [0.29, 0.717) is 19.3 Å². The van der Waals surface area contributed by atoms with Gasteiger partial charge in [-0.1, -0.05) is 18.8 Å². The normalized spacial score (nSPS) is 18.3. The Morgan fingerprint density at radius 1 is 1.21 bits per heavy atom. The highest BCUT2D eigenvalue weighted by Crippen LogP contribution is 2.10. The molecule has 0 fully saturated rings. The summed E-state index contributed by atoms with van der Waals surface area (Å²) >= 11 is 0. The van der Waals surface area contributed by atoms with Crippen LogP contribution in [0.15, 0.2) is 0 Å². The highest BCUT2D eigenvalue weighted by atomic mass is 16.3. The van der Waals surface area contributed by atoms with E-state index in [4.69, 9.17) is 6.42 Å². The zero-order valence-corrected chi connectivity index (χ0v) is 9.09. The SMILES string of the molecule is C#CC(C)(O)CCC#CC(C)(O)CC. The van der Waals surface area contributed by atoms with Gasteiger partial charge in [-0.2, -0.15) is 0 Å². The van der Waals surface area contributed by atoms with Gasteiger partial charge in [0.15, 0.2) is 0 Å². The van der Waals surface area contributed by atoms with Crippen molar-refractivity contribution in [1.29, 1.82) is 0 Å². The second-order valence-electron chi connectivity index (χ2n) is 3.85. The second kappa shape index (κ2) is 5.05. The predicted octanol–water partition coefficient (Wildman–Crippen LogP) is 1.32. The smallest absolute Gasteiger partial charge is 0.123 e. The number of terminal acetylenes is 1. The standard InChI is InChI=1S/C12H18O2/c1-5-11(3,13)9-7-8-10-12(4,14)6-2/h1,13-14H,6-7,9H2,2-4H3. The zero-order valence-electron chi connectivity index (χ0n) is 9.09. The van der Waals surface area contributed by atoms with E-state index >= 15 is 0 Å². The molecule has 0 amide bonds. The second-order valence-corrected chi connectivity index (χ2v) is 3.85. The third-order valence-electron chi connectivity index (χ3n) is 2.09. The first-order chi connectivity index (χ1) is 6.33. The van der Waals surface area contributed by atoms with Crippen molar-refractivity contribution in [3.05, 3.63) is 0 Å². The van der Waals surface area contributed by atoms with E-state index in [0.717, 1.165) is 0 Å². The zero-order chi connectivity index (χ0) is 11.2. The fraction of sp³-hybridized carbons (Fsp3) is 0.667.